The molecule has 19 heavy (non-hydrogen) atoms. The summed E-state index contributed by atoms with van der Waals surface area (Å²) in [7, 11) is 0. The monoisotopic (exact) mass is 261 g/mol. The van der Waals surface area contributed by atoms with Gasteiger partial charge in [-0.15, -0.1) is 0 Å². The summed E-state index contributed by atoms with van der Waals surface area (Å²) < 4.78 is 0. The van der Waals surface area contributed by atoms with E-state index in [0.29, 0.717) is 6.42 Å². The maximum atomic E-state index is 12.2. The lowest BCUT2D eigenvalue weighted by atomic mass is 10.1. The summed E-state index contributed by atoms with van der Waals surface area (Å²) in [5.74, 6) is 0.217. The van der Waals surface area contributed by atoms with Crippen LogP contribution in [0, 0.1) is 6.92 Å². The highest BCUT2D eigenvalue weighted by Gasteiger charge is 2.20. The van der Waals surface area contributed by atoms with Crippen molar-refractivity contribution < 1.29 is 4.79 Å². The van der Waals surface area contributed by atoms with Gasteiger partial charge < -0.3 is 4.90 Å². The first-order valence-corrected chi connectivity index (χ1v) is 7.48. The van der Waals surface area contributed by atoms with Crippen molar-refractivity contribution in [2.24, 2.45) is 0 Å². The molecule has 0 saturated carbocycles. The van der Waals surface area contributed by atoms with Gasteiger partial charge in [-0.3, -0.25) is 4.79 Å². The van der Waals surface area contributed by atoms with Crippen LogP contribution >= 0.6 is 0 Å². The molecule has 0 aromatic heterocycles. The zero-order valence-electron chi connectivity index (χ0n) is 12.8. The Labute approximate surface area is 117 Å². The van der Waals surface area contributed by atoms with Crippen molar-refractivity contribution in [3.8, 4) is 0 Å². The van der Waals surface area contributed by atoms with E-state index in [0.717, 1.165) is 12.1 Å². The van der Waals surface area contributed by atoms with E-state index >= 15 is 0 Å². The molecular formula is C17H27NO. The summed E-state index contributed by atoms with van der Waals surface area (Å²) in [6.07, 6.45) is 5.29. The van der Waals surface area contributed by atoms with Crippen molar-refractivity contribution in [3.63, 3.8) is 0 Å². The number of anilines is 1. The molecule has 0 bridgehead atoms. The van der Waals surface area contributed by atoms with E-state index in [1.165, 1.54) is 24.8 Å². The number of nitrogens with zero attached hydrogens (tertiary/aromatic N) is 1. The highest BCUT2D eigenvalue weighted by molar-refractivity contribution is 5.93. The Hall–Kier alpha value is -1.31. The predicted molar refractivity (Wildman–Crippen MR) is 82.6 cm³/mol. The summed E-state index contributed by atoms with van der Waals surface area (Å²) >= 11 is 0. The summed E-state index contributed by atoms with van der Waals surface area (Å²) in [5, 5.41) is 0. The lowest BCUT2D eigenvalue weighted by Crippen LogP contribution is -2.38. The Bertz CT molecular complexity index is 400. The van der Waals surface area contributed by atoms with Gasteiger partial charge in [0.15, 0.2) is 0 Å². The summed E-state index contributed by atoms with van der Waals surface area (Å²) in [5.41, 5.74) is 2.24. The molecule has 0 aliphatic heterocycles. The van der Waals surface area contributed by atoms with Crippen molar-refractivity contribution in [3.05, 3.63) is 29.8 Å². The average Bonchev–Trinajstić information content (AvgIpc) is 2.39. The Morgan fingerprint density at radius 1 is 1.26 bits per heavy atom. The molecule has 1 amide bonds. The molecule has 1 unspecified atom stereocenters. The number of unbranched alkanes of at least 4 members (excludes halogenated alkanes) is 2. The second-order valence-electron chi connectivity index (χ2n) is 5.30. The van der Waals surface area contributed by atoms with Crippen molar-refractivity contribution in [1.29, 1.82) is 0 Å². The lowest BCUT2D eigenvalue weighted by molar-refractivity contribution is -0.118. The minimum Gasteiger partial charge on any atom is -0.310 e. The highest BCUT2D eigenvalue weighted by atomic mass is 16.2. The van der Waals surface area contributed by atoms with Gasteiger partial charge in [-0.25, -0.2) is 0 Å². The van der Waals surface area contributed by atoms with Crippen LogP contribution in [0.4, 0.5) is 5.69 Å². The van der Waals surface area contributed by atoms with Crippen LogP contribution in [0.3, 0.4) is 0 Å². The van der Waals surface area contributed by atoms with Crippen molar-refractivity contribution in [2.45, 2.75) is 65.8 Å². The van der Waals surface area contributed by atoms with Crippen LogP contribution < -0.4 is 4.90 Å². The van der Waals surface area contributed by atoms with Crippen LogP contribution in [0.1, 0.15) is 58.4 Å². The van der Waals surface area contributed by atoms with Gasteiger partial charge in [0.1, 0.15) is 0 Å². The van der Waals surface area contributed by atoms with Crippen molar-refractivity contribution in [2.75, 3.05) is 4.90 Å². The Kier molecular flexibility index (Phi) is 6.61. The molecular weight excluding hydrogens is 234 g/mol. The van der Waals surface area contributed by atoms with Gasteiger partial charge in [-0.2, -0.15) is 0 Å². The molecule has 0 spiro atoms. The first-order chi connectivity index (χ1) is 9.10. The van der Waals surface area contributed by atoms with E-state index in [9.17, 15) is 4.79 Å². The standard InChI is InChI=1S/C17H27NO/c1-5-7-8-11-15(4)18(17(19)6-2)16-12-9-10-14(3)13-16/h9-10,12-13,15H,5-8,11H2,1-4H3. The van der Waals surface area contributed by atoms with E-state index in [1.807, 2.05) is 24.0 Å². The van der Waals surface area contributed by atoms with Gasteiger partial charge in [0.2, 0.25) is 5.91 Å². The van der Waals surface area contributed by atoms with Gasteiger partial charge >= 0.3 is 0 Å². The molecule has 1 atom stereocenters. The fourth-order valence-corrected chi connectivity index (χ4v) is 2.41. The molecule has 106 valence electrons. The molecule has 1 rings (SSSR count). The SMILES string of the molecule is CCCCCC(C)N(C(=O)CC)c1cccc(C)c1. The van der Waals surface area contributed by atoms with Crippen LogP contribution in [0.5, 0.6) is 0 Å². The topological polar surface area (TPSA) is 20.3 Å². The summed E-state index contributed by atoms with van der Waals surface area (Å²) in [4.78, 5) is 14.2. The van der Waals surface area contributed by atoms with E-state index in [-0.39, 0.29) is 11.9 Å². The molecule has 0 radical (unpaired) electrons. The third-order valence-corrected chi connectivity index (χ3v) is 3.52. The van der Waals surface area contributed by atoms with Crippen LogP contribution in [-0.2, 0) is 4.79 Å². The van der Waals surface area contributed by atoms with Crippen LogP contribution in [-0.4, -0.2) is 11.9 Å². The molecule has 2 heteroatoms. The van der Waals surface area contributed by atoms with E-state index in [4.69, 9.17) is 0 Å². The van der Waals surface area contributed by atoms with E-state index in [2.05, 4.69) is 32.9 Å². The van der Waals surface area contributed by atoms with Crippen LogP contribution in [0.15, 0.2) is 24.3 Å². The number of amides is 1. The predicted octanol–water partition coefficient (Wildman–Crippen LogP) is 4.71. The molecule has 1 aromatic carbocycles. The average molecular weight is 261 g/mol. The normalized spacial score (nSPS) is 12.2. The van der Waals surface area contributed by atoms with Crippen LogP contribution in [0.25, 0.3) is 0 Å². The van der Waals surface area contributed by atoms with Gasteiger partial charge in [-0.1, -0.05) is 45.2 Å². The smallest absolute Gasteiger partial charge is 0.226 e. The number of hydrogen-bond acceptors (Lipinski definition) is 1. The molecule has 0 aliphatic carbocycles. The summed E-state index contributed by atoms with van der Waals surface area (Å²) in [6, 6.07) is 8.51. The number of benzene rings is 1. The van der Waals surface area contributed by atoms with Crippen molar-refractivity contribution in [1.82, 2.24) is 0 Å². The first kappa shape index (κ1) is 15.7. The van der Waals surface area contributed by atoms with Gasteiger partial charge in [0.05, 0.1) is 0 Å². The molecule has 0 aliphatic rings. The van der Waals surface area contributed by atoms with Crippen molar-refractivity contribution >= 4 is 11.6 Å². The van der Waals surface area contributed by atoms with E-state index in [1.54, 1.807) is 0 Å². The lowest BCUT2D eigenvalue weighted by Gasteiger charge is -2.29. The molecule has 0 heterocycles. The number of carbonyl (C=O) groups is 1. The van der Waals surface area contributed by atoms with E-state index < -0.39 is 0 Å². The Balaban J connectivity index is 2.85. The van der Waals surface area contributed by atoms with Crippen LogP contribution in [0.2, 0.25) is 0 Å². The second kappa shape index (κ2) is 7.98. The fourth-order valence-electron chi connectivity index (χ4n) is 2.41. The Morgan fingerprint density at radius 3 is 2.58 bits per heavy atom. The second-order valence-corrected chi connectivity index (χ2v) is 5.30. The number of carbonyl (C=O) groups excluding carboxylic acids is 1. The largest absolute Gasteiger partial charge is 0.310 e. The molecule has 1 aromatic rings. The zero-order chi connectivity index (χ0) is 14.3. The number of rotatable bonds is 7. The number of hydrogen-bond donors (Lipinski definition) is 0. The highest BCUT2D eigenvalue weighted by Crippen LogP contribution is 2.22. The third kappa shape index (κ3) is 4.70. The molecule has 0 N–H and O–H groups in total. The van der Waals surface area contributed by atoms with Gasteiger partial charge in [0, 0.05) is 18.2 Å². The maximum Gasteiger partial charge on any atom is 0.226 e. The summed E-state index contributed by atoms with van der Waals surface area (Å²) in [6.45, 7) is 8.37. The quantitative estimate of drug-likeness (QED) is 0.651. The molecule has 2 nitrogen and oxygen atoms in total. The Morgan fingerprint density at radius 2 is 2.00 bits per heavy atom. The van der Waals surface area contributed by atoms with Gasteiger partial charge in [0.25, 0.3) is 0 Å². The third-order valence-electron chi connectivity index (χ3n) is 3.52. The fraction of sp³-hybridized carbons (Fsp3) is 0.588. The number of aryl methyl sites for hydroxylation is 1. The maximum absolute atomic E-state index is 12.2. The minimum atomic E-state index is 0.217. The molecule has 0 fully saturated rings. The zero-order valence-corrected chi connectivity index (χ0v) is 12.8. The van der Waals surface area contributed by atoms with Gasteiger partial charge in [-0.05, 0) is 38.0 Å². The first-order valence-electron chi connectivity index (χ1n) is 7.48. The minimum absolute atomic E-state index is 0.217. The molecule has 0 saturated heterocycles.